The molecule has 0 atom stereocenters. The first-order chi connectivity index (χ1) is 10.1. The van der Waals surface area contributed by atoms with E-state index in [0.29, 0.717) is 19.0 Å². The molecule has 1 fully saturated rings. The van der Waals surface area contributed by atoms with Crippen LogP contribution in [0.5, 0.6) is 0 Å². The van der Waals surface area contributed by atoms with Crippen molar-refractivity contribution in [2.24, 2.45) is 5.92 Å². The van der Waals surface area contributed by atoms with E-state index in [2.05, 4.69) is 15.3 Å². The third-order valence-electron chi connectivity index (χ3n) is 3.30. The summed E-state index contributed by atoms with van der Waals surface area (Å²) in [6.45, 7) is 6.03. The fourth-order valence-corrected chi connectivity index (χ4v) is 1.99. The molecule has 1 aliphatic carbocycles. The minimum absolute atomic E-state index is 0.157. The SMILES string of the molecule is CC(C)c1ncc(Cl)c(C(=O)NCCCOCC2CC2)n1. The number of nitrogens with one attached hydrogen (secondary N) is 1. The molecule has 0 aliphatic heterocycles. The van der Waals surface area contributed by atoms with Gasteiger partial charge < -0.3 is 10.1 Å². The van der Waals surface area contributed by atoms with Crippen LogP contribution >= 0.6 is 11.6 Å². The maximum atomic E-state index is 12.1. The lowest BCUT2D eigenvalue weighted by Gasteiger charge is -2.09. The molecule has 0 saturated heterocycles. The van der Waals surface area contributed by atoms with Gasteiger partial charge in [-0.2, -0.15) is 0 Å². The van der Waals surface area contributed by atoms with Crippen molar-refractivity contribution in [1.82, 2.24) is 15.3 Å². The van der Waals surface area contributed by atoms with Crippen molar-refractivity contribution in [2.75, 3.05) is 19.8 Å². The number of halogens is 1. The van der Waals surface area contributed by atoms with E-state index in [1.165, 1.54) is 19.0 Å². The molecule has 1 aromatic heterocycles. The topological polar surface area (TPSA) is 64.1 Å². The van der Waals surface area contributed by atoms with E-state index >= 15 is 0 Å². The molecule has 5 nitrogen and oxygen atoms in total. The van der Waals surface area contributed by atoms with Crippen LogP contribution < -0.4 is 5.32 Å². The number of amides is 1. The summed E-state index contributed by atoms with van der Waals surface area (Å²) in [5.74, 6) is 1.29. The number of rotatable bonds is 8. The molecule has 1 aliphatic rings. The van der Waals surface area contributed by atoms with Gasteiger partial charge in [-0.3, -0.25) is 4.79 Å². The van der Waals surface area contributed by atoms with Crippen LogP contribution in [-0.4, -0.2) is 35.6 Å². The summed E-state index contributed by atoms with van der Waals surface area (Å²) >= 11 is 5.99. The summed E-state index contributed by atoms with van der Waals surface area (Å²) in [6.07, 6.45) is 4.86. The lowest BCUT2D eigenvalue weighted by atomic mass is 10.2. The van der Waals surface area contributed by atoms with Crippen LogP contribution in [0.2, 0.25) is 5.02 Å². The second-order valence-electron chi connectivity index (χ2n) is 5.71. The largest absolute Gasteiger partial charge is 0.381 e. The second-order valence-corrected chi connectivity index (χ2v) is 6.11. The van der Waals surface area contributed by atoms with E-state index in [4.69, 9.17) is 16.3 Å². The maximum absolute atomic E-state index is 12.1. The Hall–Kier alpha value is -1.20. The van der Waals surface area contributed by atoms with Gasteiger partial charge in [0.1, 0.15) is 11.5 Å². The Bertz CT molecular complexity index is 490. The minimum Gasteiger partial charge on any atom is -0.381 e. The second kappa shape index (κ2) is 7.71. The first kappa shape index (κ1) is 16.2. The third-order valence-corrected chi connectivity index (χ3v) is 3.57. The van der Waals surface area contributed by atoms with Crippen molar-refractivity contribution in [2.45, 2.75) is 39.0 Å². The average molecular weight is 312 g/mol. The zero-order valence-corrected chi connectivity index (χ0v) is 13.3. The van der Waals surface area contributed by atoms with Crippen LogP contribution in [0.25, 0.3) is 0 Å². The Morgan fingerprint density at radius 3 is 2.95 bits per heavy atom. The van der Waals surface area contributed by atoms with Crippen LogP contribution in [0, 0.1) is 5.92 Å². The highest BCUT2D eigenvalue weighted by atomic mass is 35.5. The molecule has 116 valence electrons. The quantitative estimate of drug-likeness (QED) is 0.750. The number of aromatic nitrogens is 2. The van der Waals surface area contributed by atoms with Crippen molar-refractivity contribution in [3.63, 3.8) is 0 Å². The van der Waals surface area contributed by atoms with Gasteiger partial charge in [0, 0.05) is 25.7 Å². The van der Waals surface area contributed by atoms with Gasteiger partial charge in [-0.15, -0.1) is 0 Å². The zero-order chi connectivity index (χ0) is 15.2. The number of carbonyl (C=O) groups is 1. The third kappa shape index (κ3) is 5.25. The molecule has 0 unspecified atom stereocenters. The summed E-state index contributed by atoms with van der Waals surface area (Å²) in [4.78, 5) is 20.4. The number of carbonyl (C=O) groups excluding carboxylic acids is 1. The van der Waals surface area contributed by atoms with E-state index in [1.807, 2.05) is 13.8 Å². The molecule has 1 saturated carbocycles. The Kier molecular flexibility index (Phi) is 5.94. The Balaban J connectivity index is 1.75. The molecule has 1 aromatic rings. The van der Waals surface area contributed by atoms with Crippen LogP contribution in [-0.2, 0) is 4.74 Å². The highest BCUT2D eigenvalue weighted by Gasteiger charge is 2.21. The molecular weight excluding hydrogens is 290 g/mol. The first-order valence-electron chi connectivity index (χ1n) is 7.46. The van der Waals surface area contributed by atoms with Crippen molar-refractivity contribution >= 4 is 17.5 Å². The maximum Gasteiger partial charge on any atom is 0.271 e. The molecule has 1 N–H and O–H groups in total. The molecule has 0 spiro atoms. The summed E-state index contributed by atoms with van der Waals surface area (Å²) in [5.41, 5.74) is 0.245. The molecule has 0 bridgehead atoms. The number of hydrogen-bond acceptors (Lipinski definition) is 4. The lowest BCUT2D eigenvalue weighted by Crippen LogP contribution is -2.27. The Morgan fingerprint density at radius 1 is 1.52 bits per heavy atom. The van der Waals surface area contributed by atoms with Gasteiger partial charge in [0.15, 0.2) is 0 Å². The Labute approximate surface area is 130 Å². The summed E-state index contributed by atoms with van der Waals surface area (Å²) in [6, 6.07) is 0. The van der Waals surface area contributed by atoms with E-state index in [0.717, 1.165) is 18.9 Å². The van der Waals surface area contributed by atoms with E-state index in [1.54, 1.807) is 0 Å². The summed E-state index contributed by atoms with van der Waals surface area (Å²) < 4.78 is 5.52. The van der Waals surface area contributed by atoms with Gasteiger partial charge in [0.05, 0.1) is 11.2 Å². The number of ether oxygens (including phenoxy) is 1. The highest BCUT2D eigenvalue weighted by molar-refractivity contribution is 6.33. The minimum atomic E-state index is -0.258. The highest BCUT2D eigenvalue weighted by Crippen LogP contribution is 2.28. The van der Waals surface area contributed by atoms with Gasteiger partial charge in [-0.25, -0.2) is 9.97 Å². The van der Waals surface area contributed by atoms with Gasteiger partial charge >= 0.3 is 0 Å². The average Bonchev–Trinajstić information content (AvgIpc) is 3.26. The molecule has 6 heteroatoms. The van der Waals surface area contributed by atoms with Crippen LogP contribution in [0.4, 0.5) is 0 Å². The summed E-state index contributed by atoms with van der Waals surface area (Å²) in [7, 11) is 0. The van der Waals surface area contributed by atoms with Gasteiger partial charge in [0.2, 0.25) is 0 Å². The van der Waals surface area contributed by atoms with Crippen molar-refractivity contribution < 1.29 is 9.53 Å². The van der Waals surface area contributed by atoms with E-state index < -0.39 is 0 Å². The van der Waals surface area contributed by atoms with Gasteiger partial charge in [-0.05, 0) is 25.2 Å². The lowest BCUT2D eigenvalue weighted by molar-refractivity contribution is 0.0932. The fraction of sp³-hybridized carbons (Fsp3) is 0.667. The van der Waals surface area contributed by atoms with Crippen LogP contribution in [0.15, 0.2) is 6.20 Å². The molecule has 1 heterocycles. The molecule has 2 rings (SSSR count). The molecule has 0 aromatic carbocycles. The van der Waals surface area contributed by atoms with Crippen molar-refractivity contribution in [3.05, 3.63) is 22.7 Å². The fourth-order valence-electron chi connectivity index (χ4n) is 1.81. The number of nitrogens with zero attached hydrogens (tertiary/aromatic N) is 2. The molecule has 0 radical (unpaired) electrons. The van der Waals surface area contributed by atoms with Crippen molar-refractivity contribution in [3.8, 4) is 0 Å². The monoisotopic (exact) mass is 311 g/mol. The van der Waals surface area contributed by atoms with Crippen molar-refractivity contribution in [1.29, 1.82) is 0 Å². The van der Waals surface area contributed by atoms with Crippen LogP contribution in [0.3, 0.4) is 0 Å². The van der Waals surface area contributed by atoms with Gasteiger partial charge in [0.25, 0.3) is 5.91 Å². The normalized spacial score (nSPS) is 14.5. The standard InChI is InChI=1S/C15H22ClN3O2/c1-10(2)14-18-8-12(16)13(19-14)15(20)17-6-3-7-21-9-11-4-5-11/h8,10-11H,3-7,9H2,1-2H3,(H,17,20). The van der Waals surface area contributed by atoms with E-state index in [9.17, 15) is 4.79 Å². The van der Waals surface area contributed by atoms with Crippen LogP contribution in [0.1, 0.15) is 55.3 Å². The predicted molar refractivity (Wildman–Crippen MR) is 81.6 cm³/mol. The Morgan fingerprint density at radius 2 is 2.29 bits per heavy atom. The molecule has 1 amide bonds. The molecular formula is C15H22ClN3O2. The predicted octanol–water partition coefficient (Wildman–Crippen LogP) is 2.80. The zero-order valence-electron chi connectivity index (χ0n) is 12.6. The number of hydrogen-bond donors (Lipinski definition) is 1. The smallest absolute Gasteiger partial charge is 0.271 e. The van der Waals surface area contributed by atoms with E-state index in [-0.39, 0.29) is 22.5 Å². The summed E-state index contributed by atoms with van der Waals surface area (Å²) in [5, 5.41) is 3.10. The molecule has 21 heavy (non-hydrogen) atoms. The first-order valence-corrected chi connectivity index (χ1v) is 7.84. The van der Waals surface area contributed by atoms with Gasteiger partial charge in [-0.1, -0.05) is 25.4 Å².